The zero-order chi connectivity index (χ0) is 15.6. The van der Waals surface area contributed by atoms with Gasteiger partial charge in [0, 0.05) is 20.1 Å². The fourth-order valence-corrected chi connectivity index (χ4v) is 2.64. The minimum absolute atomic E-state index is 0.230. The summed E-state index contributed by atoms with van der Waals surface area (Å²) in [5.41, 5.74) is 0.963. The number of hydrogen-bond donors (Lipinski definition) is 2. The van der Waals surface area contributed by atoms with Crippen molar-refractivity contribution in [2.75, 3.05) is 11.9 Å². The summed E-state index contributed by atoms with van der Waals surface area (Å²) in [4.78, 5) is 24.9. The third-order valence-corrected chi connectivity index (χ3v) is 3.87. The number of allylic oxidation sites excluding steroid dienone is 1. The van der Waals surface area contributed by atoms with Crippen molar-refractivity contribution in [1.82, 2.24) is 9.13 Å². The van der Waals surface area contributed by atoms with Crippen LogP contribution in [0.5, 0.6) is 0 Å². The first-order chi connectivity index (χ1) is 9.93. The molecule has 2 heterocycles. The Morgan fingerprint density at radius 3 is 2.76 bits per heavy atom. The van der Waals surface area contributed by atoms with Crippen molar-refractivity contribution in [2.45, 2.75) is 45.8 Å². The standard InChI is InChI=1S/C15H23N3O3/c1-10-7-8-16-13-12(10)14(20)18(15(21)17(13)3)9-5-4-6-11(2)19/h7,11,16,19H,4-6,8-9H2,1-3H3/t11-/m1/s1. The highest BCUT2D eigenvalue weighted by Crippen LogP contribution is 2.21. The van der Waals surface area contributed by atoms with Crippen molar-refractivity contribution in [1.29, 1.82) is 0 Å². The van der Waals surface area contributed by atoms with Gasteiger partial charge in [0.05, 0.1) is 11.7 Å². The van der Waals surface area contributed by atoms with Gasteiger partial charge >= 0.3 is 5.69 Å². The van der Waals surface area contributed by atoms with E-state index in [1.807, 2.05) is 13.0 Å². The van der Waals surface area contributed by atoms with E-state index >= 15 is 0 Å². The molecule has 0 spiro atoms. The molecule has 6 nitrogen and oxygen atoms in total. The van der Waals surface area contributed by atoms with E-state index in [-0.39, 0.29) is 17.4 Å². The summed E-state index contributed by atoms with van der Waals surface area (Å²) in [5.74, 6) is 0.602. The number of fused-ring (bicyclic) bond motifs is 1. The Balaban J connectivity index is 2.33. The van der Waals surface area contributed by atoms with Gasteiger partial charge in [-0.2, -0.15) is 0 Å². The van der Waals surface area contributed by atoms with Gasteiger partial charge in [0.25, 0.3) is 5.56 Å². The summed E-state index contributed by atoms with van der Waals surface area (Å²) >= 11 is 0. The first-order valence-corrected chi connectivity index (χ1v) is 7.36. The first kappa shape index (κ1) is 15.6. The molecule has 2 N–H and O–H groups in total. The maximum Gasteiger partial charge on any atom is 0.332 e. The van der Waals surface area contributed by atoms with E-state index in [2.05, 4.69) is 5.32 Å². The lowest BCUT2D eigenvalue weighted by Crippen LogP contribution is -2.42. The Morgan fingerprint density at radius 1 is 1.38 bits per heavy atom. The van der Waals surface area contributed by atoms with Crippen molar-refractivity contribution in [3.8, 4) is 0 Å². The summed E-state index contributed by atoms with van der Waals surface area (Å²) in [6.07, 6.45) is 3.78. The Kier molecular flexibility index (Phi) is 4.67. The average molecular weight is 293 g/mol. The zero-order valence-electron chi connectivity index (χ0n) is 12.8. The third-order valence-electron chi connectivity index (χ3n) is 3.87. The molecular weight excluding hydrogens is 270 g/mol. The van der Waals surface area contributed by atoms with Crippen molar-refractivity contribution >= 4 is 11.4 Å². The van der Waals surface area contributed by atoms with Gasteiger partial charge in [-0.15, -0.1) is 0 Å². The second-order valence-electron chi connectivity index (χ2n) is 5.63. The lowest BCUT2D eigenvalue weighted by Gasteiger charge is -2.21. The number of rotatable bonds is 5. The molecule has 0 bridgehead atoms. The minimum Gasteiger partial charge on any atom is -0.393 e. The topological polar surface area (TPSA) is 76.3 Å². The second-order valence-corrected chi connectivity index (χ2v) is 5.63. The number of aliphatic hydroxyl groups is 1. The average Bonchev–Trinajstić information content (AvgIpc) is 2.43. The van der Waals surface area contributed by atoms with E-state index in [1.54, 1.807) is 14.0 Å². The van der Waals surface area contributed by atoms with Crippen molar-refractivity contribution < 1.29 is 5.11 Å². The summed E-state index contributed by atoms with van der Waals surface area (Å²) < 4.78 is 2.80. The number of nitrogens with one attached hydrogen (secondary N) is 1. The lowest BCUT2D eigenvalue weighted by atomic mass is 10.1. The van der Waals surface area contributed by atoms with E-state index in [4.69, 9.17) is 0 Å². The van der Waals surface area contributed by atoms with Crippen LogP contribution in [-0.4, -0.2) is 26.9 Å². The second kappa shape index (κ2) is 6.30. The summed E-state index contributed by atoms with van der Waals surface area (Å²) in [5, 5.41) is 12.3. The minimum atomic E-state index is -0.345. The van der Waals surface area contributed by atoms with Gasteiger partial charge in [-0.05, 0) is 38.7 Å². The molecule has 21 heavy (non-hydrogen) atoms. The molecule has 1 aliphatic heterocycles. The molecule has 1 aliphatic rings. The predicted octanol–water partition coefficient (Wildman–Crippen LogP) is 0.927. The molecule has 1 aromatic heterocycles. The molecular formula is C15H23N3O3. The normalized spacial score (nSPS) is 15.1. The fourth-order valence-electron chi connectivity index (χ4n) is 2.64. The van der Waals surface area contributed by atoms with Gasteiger partial charge in [0.15, 0.2) is 0 Å². The summed E-state index contributed by atoms with van der Waals surface area (Å²) in [7, 11) is 1.68. The lowest BCUT2D eigenvalue weighted by molar-refractivity contribution is 0.180. The molecule has 6 heteroatoms. The third kappa shape index (κ3) is 3.10. The van der Waals surface area contributed by atoms with Gasteiger partial charge in [0.1, 0.15) is 5.82 Å². The number of unbranched alkanes of at least 4 members (excludes halogenated alkanes) is 1. The highest BCUT2D eigenvalue weighted by molar-refractivity contribution is 5.75. The highest BCUT2D eigenvalue weighted by Gasteiger charge is 2.20. The molecule has 2 rings (SSSR count). The summed E-state index contributed by atoms with van der Waals surface area (Å²) in [6.45, 7) is 4.65. The van der Waals surface area contributed by atoms with Crippen LogP contribution >= 0.6 is 0 Å². The van der Waals surface area contributed by atoms with E-state index in [0.717, 1.165) is 12.0 Å². The molecule has 1 aromatic rings. The van der Waals surface area contributed by atoms with Gasteiger partial charge in [0.2, 0.25) is 0 Å². The largest absolute Gasteiger partial charge is 0.393 e. The van der Waals surface area contributed by atoms with E-state index in [9.17, 15) is 14.7 Å². The SMILES string of the molecule is CC1=CCNc2c1c(=O)n(CCCC[C@@H](C)O)c(=O)n2C. The van der Waals surface area contributed by atoms with Crippen LogP contribution in [0.3, 0.4) is 0 Å². The highest BCUT2D eigenvalue weighted by atomic mass is 16.3. The molecule has 0 saturated heterocycles. The quantitative estimate of drug-likeness (QED) is 0.792. The molecule has 0 saturated carbocycles. The van der Waals surface area contributed by atoms with Crippen LogP contribution in [0.1, 0.15) is 38.7 Å². The maximum atomic E-state index is 12.5. The number of anilines is 1. The molecule has 1 atom stereocenters. The van der Waals surface area contributed by atoms with E-state index in [0.29, 0.717) is 37.3 Å². The Bertz CT molecular complexity index is 668. The number of hydrogen-bond acceptors (Lipinski definition) is 4. The van der Waals surface area contributed by atoms with Crippen LogP contribution in [0, 0.1) is 0 Å². The van der Waals surface area contributed by atoms with Crippen molar-refractivity contribution in [2.24, 2.45) is 7.05 Å². The van der Waals surface area contributed by atoms with Crippen LogP contribution in [0.25, 0.3) is 5.57 Å². The van der Waals surface area contributed by atoms with Gasteiger partial charge in [-0.25, -0.2) is 4.79 Å². The van der Waals surface area contributed by atoms with Gasteiger partial charge in [-0.1, -0.05) is 6.08 Å². The summed E-state index contributed by atoms with van der Waals surface area (Å²) in [6, 6.07) is 0. The first-order valence-electron chi connectivity index (χ1n) is 7.36. The van der Waals surface area contributed by atoms with Crippen LogP contribution < -0.4 is 16.6 Å². The van der Waals surface area contributed by atoms with Gasteiger partial charge < -0.3 is 10.4 Å². The van der Waals surface area contributed by atoms with Crippen molar-refractivity contribution in [3.63, 3.8) is 0 Å². The molecule has 116 valence electrons. The fraction of sp³-hybridized carbons (Fsp3) is 0.600. The molecule has 0 aromatic carbocycles. The molecule has 0 fully saturated rings. The molecule has 0 aliphatic carbocycles. The number of aliphatic hydroxyl groups excluding tert-OH is 1. The Morgan fingerprint density at radius 2 is 2.10 bits per heavy atom. The zero-order valence-corrected chi connectivity index (χ0v) is 12.8. The van der Waals surface area contributed by atoms with Crippen molar-refractivity contribution in [3.05, 3.63) is 32.5 Å². The Hall–Kier alpha value is -1.82. The predicted molar refractivity (Wildman–Crippen MR) is 83.6 cm³/mol. The van der Waals surface area contributed by atoms with Crippen LogP contribution in [-0.2, 0) is 13.6 Å². The van der Waals surface area contributed by atoms with E-state index < -0.39 is 0 Å². The van der Waals surface area contributed by atoms with Gasteiger partial charge in [-0.3, -0.25) is 13.9 Å². The maximum absolute atomic E-state index is 12.5. The van der Waals surface area contributed by atoms with E-state index in [1.165, 1.54) is 9.13 Å². The van der Waals surface area contributed by atoms with Crippen LogP contribution in [0.2, 0.25) is 0 Å². The number of aromatic nitrogens is 2. The smallest absolute Gasteiger partial charge is 0.332 e. The molecule has 0 amide bonds. The number of nitrogens with zero attached hydrogens (tertiary/aromatic N) is 2. The monoisotopic (exact) mass is 293 g/mol. The van der Waals surface area contributed by atoms with Crippen LogP contribution in [0.15, 0.2) is 15.7 Å². The molecule has 0 radical (unpaired) electrons. The van der Waals surface area contributed by atoms with Crippen LogP contribution in [0.4, 0.5) is 5.82 Å². The Labute approximate surface area is 123 Å². The molecule has 0 unspecified atom stereocenters.